The molecule has 2 aromatic heterocycles. The van der Waals surface area contributed by atoms with Gasteiger partial charge in [-0.15, -0.1) is 0 Å². The Balaban J connectivity index is 1.06. The van der Waals surface area contributed by atoms with Crippen LogP contribution in [0.4, 0.5) is 0 Å². The standard InChI is InChI=1S/C54H35N3/c1-3-15-34(16-4-1)48-33-49(57-53(56-48)37-17-5-2-6-18-37)35-27-29-36(30-28-35)52-42-31-32-46-51(50(42)41-22-10-14-26-47(41)55-52)40-21-9-13-25-45(40)54(46)43-23-11-7-19-38(43)39-20-8-12-24-44(39)54/h1-24,26-33,45H,25H2. The Morgan fingerprint density at radius 3 is 1.79 bits per heavy atom. The summed E-state index contributed by atoms with van der Waals surface area (Å²) < 4.78 is 0. The SMILES string of the molecule is C1=CCC2C(=C1)c1c(ccc3c(-c4ccc(-c5cc(-c6ccccc6)nc(-c6ccccc6)n5)cc4)nc4ccccc4c13)C21c2ccccc2-c2ccccc21. The maximum atomic E-state index is 5.41. The smallest absolute Gasteiger partial charge is 0.160 e. The molecule has 2 heterocycles. The van der Waals surface area contributed by atoms with Crippen LogP contribution in [0.15, 0.2) is 194 Å². The lowest BCUT2D eigenvalue weighted by molar-refractivity contribution is 0.495. The first-order valence-electron chi connectivity index (χ1n) is 19.8. The zero-order valence-electron chi connectivity index (χ0n) is 31.1. The Hall–Kier alpha value is -7.23. The Bertz CT molecular complexity index is 3040. The van der Waals surface area contributed by atoms with Crippen molar-refractivity contribution in [2.24, 2.45) is 5.92 Å². The normalized spacial score (nSPS) is 15.6. The van der Waals surface area contributed by atoms with E-state index < -0.39 is 0 Å². The van der Waals surface area contributed by atoms with Crippen molar-refractivity contribution in [1.82, 2.24) is 15.0 Å². The van der Waals surface area contributed by atoms with E-state index >= 15 is 0 Å². The van der Waals surface area contributed by atoms with Crippen LogP contribution in [0.1, 0.15) is 28.7 Å². The monoisotopic (exact) mass is 725 g/mol. The van der Waals surface area contributed by atoms with E-state index in [0.717, 1.165) is 51.3 Å². The Kier molecular flexibility index (Phi) is 6.97. The fourth-order valence-electron chi connectivity index (χ4n) is 10.2. The molecule has 0 saturated heterocycles. The van der Waals surface area contributed by atoms with Gasteiger partial charge in [0.05, 0.1) is 28.0 Å². The minimum atomic E-state index is -0.270. The maximum Gasteiger partial charge on any atom is 0.160 e. The molecule has 0 radical (unpaired) electrons. The molecular formula is C54H35N3. The summed E-state index contributed by atoms with van der Waals surface area (Å²) in [5, 5.41) is 3.66. The average Bonchev–Trinajstić information content (AvgIpc) is 3.77. The van der Waals surface area contributed by atoms with Crippen LogP contribution in [-0.2, 0) is 5.41 Å². The van der Waals surface area contributed by atoms with E-state index in [1.165, 1.54) is 55.1 Å². The molecule has 0 amide bonds. The minimum absolute atomic E-state index is 0.270. The summed E-state index contributed by atoms with van der Waals surface area (Å²) in [5.74, 6) is 1.000. The van der Waals surface area contributed by atoms with Gasteiger partial charge in [-0.3, -0.25) is 0 Å². The molecule has 1 unspecified atom stereocenters. The molecule has 3 aliphatic rings. The first-order chi connectivity index (χ1) is 28.3. The molecule has 0 aliphatic heterocycles. The predicted molar refractivity (Wildman–Crippen MR) is 234 cm³/mol. The first kappa shape index (κ1) is 32.1. The van der Waals surface area contributed by atoms with Gasteiger partial charge in [-0.05, 0) is 57.5 Å². The fraction of sp³-hybridized carbons (Fsp3) is 0.0556. The summed E-state index contributed by atoms with van der Waals surface area (Å²) >= 11 is 0. The van der Waals surface area contributed by atoms with E-state index in [0.29, 0.717) is 5.82 Å². The van der Waals surface area contributed by atoms with Crippen molar-refractivity contribution in [3.63, 3.8) is 0 Å². The molecule has 7 aromatic carbocycles. The van der Waals surface area contributed by atoms with Gasteiger partial charge in [0.2, 0.25) is 0 Å². The van der Waals surface area contributed by atoms with Gasteiger partial charge in [-0.25, -0.2) is 15.0 Å². The highest BCUT2D eigenvalue weighted by atomic mass is 14.9. The van der Waals surface area contributed by atoms with Crippen molar-refractivity contribution in [2.75, 3.05) is 0 Å². The summed E-state index contributed by atoms with van der Waals surface area (Å²) in [6, 6.07) is 63.2. The third-order valence-electron chi connectivity index (χ3n) is 12.5. The topological polar surface area (TPSA) is 38.7 Å². The largest absolute Gasteiger partial charge is 0.247 e. The quantitative estimate of drug-likeness (QED) is 0.170. The van der Waals surface area contributed by atoms with Crippen molar-refractivity contribution in [3.8, 4) is 56.3 Å². The van der Waals surface area contributed by atoms with Gasteiger partial charge in [0, 0.05) is 44.3 Å². The average molecular weight is 726 g/mol. The minimum Gasteiger partial charge on any atom is -0.247 e. The second-order valence-corrected chi connectivity index (χ2v) is 15.4. The third-order valence-corrected chi connectivity index (χ3v) is 12.5. The number of hydrogen-bond donors (Lipinski definition) is 0. The predicted octanol–water partition coefficient (Wildman–Crippen LogP) is 13.1. The lowest BCUT2D eigenvalue weighted by Gasteiger charge is -2.36. The molecule has 0 N–H and O–H groups in total. The molecular weight excluding hydrogens is 691 g/mol. The third kappa shape index (κ3) is 4.63. The number of para-hydroxylation sites is 1. The molecule has 3 nitrogen and oxygen atoms in total. The Morgan fingerprint density at radius 2 is 1.07 bits per heavy atom. The molecule has 266 valence electrons. The van der Waals surface area contributed by atoms with Gasteiger partial charge in [0.25, 0.3) is 0 Å². The van der Waals surface area contributed by atoms with E-state index in [-0.39, 0.29) is 11.3 Å². The van der Waals surface area contributed by atoms with Gasteiger partial charge in [0.1, 0.15) is 0 Å². The van der Waals surface area contributed by atoms with Gasteiger partial charge >= 0.3 is 0 Å². The summed E-state index contributed by atoms with van der Waals surface area (Å²) in [7, 11) is 0. The number of hydrogen-bond acceptors (Lipinski definition) is 3. The lowest BCUT2D eigenvalue weighted by Crippen LogP contribution is -2.32. The highest BCUT2D eigenvalue weighted by molar-refractivity contribution is 6.17. The van der Waals surface area contributed by atoms with Crippen LogP contribution in [0, 0.1) is 5.92 Å². The number of rotatable bonds is 4. The molecule has 12 rings (SSSR count). The van der Waals surface area contributed by atoms with Crippen molar-refractivity contribution in [1.29, 1.82) is 0 Å². The van der Waals surface area contributed by atoms with Gasteiger partial charge in [-0.1, -0.05) is 182 Å². The van der Waals surface area contributed by atoms with Crippen LogP contribution in [0.3, 0.4) is 0 Å². The molecule has 0 fully saturated rings. The van der Waals surface area contributed by atoms with Crippen LogP contribution in [-0.4, -0.2) is 15.0 Å². The van der Waals surface area contributed by atoms with Crippen LogP contribution in [0.2, 0.25) is 0 Å². The van der Waals surface area contributed by atoms with Crippen LogP contribution in [0.5, 0.6) is 0 Å². The highest BCUT2D eigenvalue weighted by Crippen LogP contribution is 2.66. The first-order valence-corrected chi connectivity index (χ1v) is 19.8. The molecule has 0 bridgehead atoms. The summed E-state index contributed by atoms with van der Waals surface area (Å²) in [4.78, 5) is 15.5. The van der Waals surface area contributed by atoms with E-state index in [1.807, 2.05) is 24.3 Å². The second-order valence-electron chi connectivity index (χ2n) is 15.4. The number of allylic oxidation sites excluding steroid dienone is 4. The van der Waals surface area contributed by atoms with E-state index in [4.69, 9.17) is 15.0 Å². The molecule has 0 saturated carbocycles. The molecule has 9 aromatic rings. The number of pyridine rings is 1. The van der Waals surface area contributed by atoms with Gasteiger partial charge in [-0.2, -0.15) is 0 Å². The molecule has 3 aliphatic carbocycles. The van der Waals surface area contributed by atoms with Gasteiger partial charge < -0.3 is 0 Å². The zero-order chi connectivity index (χ0) is 37.5. The molecule has 1 atom stereocenters. The zero-order valence-corrected chi connectivity index (χ0v) is 31.1. The number of aromatic nitrogens is 3. The summed E-state index contributed by atoms with van der Waals surface area (Å²) in [6.45, 7) is 0. The van der Waals surface area contributed by atoms with Gasteiger partial charge in [0.15, 0.2) is 5.82 Å². The van der Waals surface area contributed by atoms with Crippen molar-refractivity contribution < 1.29 is 0 Å². The molecule has 57 heavy (non-hydrogen) atoms. The van der Waals surface area contributed by atoms with E-state index in [9.17, 15) is 0 Å². The van der Waals surface area contributed by atoms with E-state index in [1.54, 1.807) is 0 Å². The Labute approximate surface area is 331 Å². The van der Waals surface area contributed by atoms with Crippen molar-refractivity contribution in [3.05, 3.63) is 216 Å². The van der Waals surface area contributed by atoms with Crippen LogP contribution < -0.4 is 0 Å². The van der Waals surface area contributed by atoms with Crippen LogP contribution in [0.25, 0.3) is 83.5 Å². The molecule has 3 heteroatoms. The maximum absolute atomic E-state index is 5.41. The number of nitrogens with zero attached hydrogens (tertiary/aromatic N) is 3. The second kappa shape index (κ2) is 12.4. The summed E-state index contributed by atoms with van der Waals surface area (Å²) in [6.07, 6.45) is 8.01. The number of benzene rings is 7. The van der Waals surface area contributed by atoms with E-state index in [2.05, 4.69) is 170 Å². The van der Waals surface area contributed by atoms with Crippen LogP contribution >= 0.6 is 0 Å². The Morgan fingerprint density at radius 1 is 0.474 bits per heavy atom. The lowest BCUT2D eigenvalue weighted by atomic mass is 9.65. The highest BCUT2D eigenvalue weighted by Gasteiger charge is 2.56. The van der Waals surface area contributed by atoms with Crippen molar-refractivity contribution >= 4 is 27.2 Å². The number of fused-ring (bicyclic) bond motifs is 14. The summed E-state index contributed by atoms with van der Waals surface area (Å²) in [5.41, 5.74) is 17.4. The van der Waals surface area contributed by atoms with Crippen molar-refractivity contribution in [2.45, 2.75) is 11.8 Å². The fourth-order valence-corrected chi connectivity index (χ4v) is 10.2. The molecule has 1 spiro atoms.